The summed E-state index contributed by atoms with van der Waals surface area (Å²) in [7, 11) is -1.69. The highest BCUT2D eigenvalue weighted by Gasteiger charge is 2.14. The van der Waals surface area contributed by atoms with E-state index in [1.165, 1.54) is 22.8 Å². The zero-order chi connectivity index (χ0) is 12.8. The van der Waals surface area contributed by atoms with Crippen molar-refractivity contribution in [3.8, 4) is 0 Å². The fourth-order valence-corrected chi connectivity index (χ4v) is 2.39. The molecule has 2 aromatic rings. The molecule has 0 saturated carbocycles. The Labute approximate surface area is 98.2 Å². The van der Waals surface area contributed by atoms with Gasteiger partial charge in [-0.3, -0.25) is 0 Å². The number of aromatic nitrogens is 1. The molecular formula is C11H11NO4S. The van der Waals surface area contributed by atoms with Gasteiger partial charge in [-0.25, -0.2) is 13.2 Å². The number of hydrogen-bond donors (Lipinski definition) is 1. The first kappa shape index (κ1) is 11.7. The van der Waals surface area contributed by atoms with Crippen molar-refractivity contribution in [3.05, 3.63) is 30.0 Å². The maximum Gasteiger partial charge on any atom is 0.352 e. The summed E-state index contributed by atoms with van der Waals surface area (Å²) >= 11 is 0. The Balaban J connectivity index is 2.78. The normalized spacial score (nSPS) is 11.9. The minimum absolute atomic E-state index is 0.130. The largest absolute Gasteiger partial charge is 0.477 e. The minimum atomic E-state index is -3.28. The number of benzene rings is 1. The molecule has 0 aliphatic rings. The van der Waals surface area contributed by atoms with Gasteiger partial charge in [-0.1, -0.05) is 6.07 Å². The Hall–Kier alpha value is -1.82. The Kier molecular flexibility index (Phi) is 2.46. The molecule has 0 unspecified atom stereocenters. The topological polar surface area (TPSA) is 76.4 Å². The van der Waals surface area contributed by atoms with E-state index < -0.39 is 15.8 Å². The van der Waals surface area contributed by atoms with Crippen LogP contribution in [0.5, 0.6) is 0 Å². The number of fused-ring (bicyclic) bond motifs is 1. The van der Waals surface area contributed by atoms with E-state index >= 15 is 0 Å². The van der Waals surface area contributed by atoms with Gasteiger partial charge in [0.1, 0.15) is 5.69 Å². The lowest BCUT2D eigenvalue weighted by atomic mass is 10.2. The van der Waals surface area contributed by atoms with Gasteiger partial charge >= 0.3 is 5.97 Å². The average Bonchev–Trinajstić information content (AvgIpc) is 2.54. The number of sulfone groups is 1. The lowest BCUT2D eigenvalue weighted by molar-refractivity contribution is 0.0687. The molecule has 0 amide bonds. The van der Waals surface area contributed by atoms with Gasteiger partial charge in [-0.2, -0.15) is 0 Å². The van der Waals surface area contributed by atoms with Gasteiger partial charge in [0.25, 0.3) is 0 Å². The molecule has 2 rings (SSSR count). The van der Waals surface area contributed by atoms with Crippen LogP contribution < -0.4 is 0 Å². The summed E-state index contributed by atoms with van der Waals surface area (Å²) in [6, 6.07) is 6.09. The van der Waals surface area contributed by atoms with Crippen LogP contribution in [0.15, 0.2) is 29.2 Å². The predicted octanol–water partition coefficient (Wildman–Crippen LogP) is 1.28. The molecule has 1 heterocycles. The smallest absolute Gasteiger partial charge is 0.352 e. The van der Waals surface area contributed by atoms with E-state index in [1.54, 1.807) is 13.1 Å². The van der Waals surface area contributed by atoms with Crippen LogP contribution >= 0.6 is 0 Å². The zero-order valence-electron chi connectivity index (χ0n) is 9.34. The number of aryl methyl sites for hydroxylation is 1. The van der Waals surface area contributed by atoms with Crippen LogP contribution in [0, 0.1) is 0 Å². The van der Waals surface area contributed by atoms with E-state index in [-0.39, 0.29) is 10.6 Å². The van der Waals surface area contributed by atoms with Gasteiger partial charge in [0, 0.05) is 24.2 Å². The number of carboxylic acids is 1. The van der Waals surface area contributed by atoms with Gasteiger partial charge in [-0.15, -0.1) is 0 Å². The first-order chi connectivity index (χ1) is 7.80. The molecule has 6 heteroatoms. The zero-order valence-corrected chi connectivity index (χ0v) is 10.2. The number of hydrogen-bond acceptors (Lipinski definition) is 3. The van der Waals surface area contributed by atoms with Gasteiger partial charge in [0.15, 0.2) is 9.84 Å². The molecule has 0 fully saturated rings. The van der Waals surface area contributed by atoms with Gasteiger partial charge in [0.05, 0.1) is 4.90 Å². The summed E-state index contributed by atoms with van der Waals surface area (Å²) in [5.74, 6) is -1.04. The second-order valence-corrected chi connectivity index (χ2v) is 5.90. The first-order valence-electron chi connectivity index (χ1n) is 4.83. The Morgan fingerprint density at radius 3 is 2.47 bits per heavy atom. The van der Waals surface area contributed by atoms with Crippen LogP contribution in [-0.2, 0) is 16.9 Å². The maximum absolute atomic E-state index is 11.4. The molecule has 90 valence electrons. The molecular weight excluding hydrogens is 242 g/mol. The summed E-state index contributed by atoms with van der Waals surface area (Å²) in [6.45, 7) is 0. The molecule has 0 bridgehead atoms. The number of rotatable bonds is 2. The quantitative estimate of drug-likeness (QED) is 0.874. The van der Waals surface area contributed by atoms with Crippen molar-refractivity contribution in [1.29, 1.82) is 0 Å². The summed E-state index contributed by atoms with van der Waals surface area (Å²) in [4.78, 5) is 11.1. The van der Waals surface area contributed by atoms with Crippen LogP contribution in [0.2, 0.25) is 0 Å². The number of aromatic carboxylic acids is 1. The standard InChI is InChI=1S/C11H11NO4S/c1-12-9-6-8(17(2,15)16)4-3-7(9)5-10(12)11(13)14/h3-6H,1-2H3,(H,13,14). The molecule has 0 spiro atoms. The SMILES string of the molecule is Cn1c(C(=O)O)cc2ccc(S(C)(=O)=O)cc21. The van der Waals surface area contributed by atoms with Gasteiger partial charge < -0.3 is 9.67 Å². The molecule has 0 atom stereocenters. The van der Waals surface area contributed by atoms with Crippen molar-refractivity contribution < 1.29 is 18.3 Å². The molecule has 1 aromatic heterocycles. The first-order valence-corrected chi connectivity index (χ1v) is 6.72. The van der Waals surface area contributed by atoms with Crippen LogP contribution in [0.1, 0.15) is 10.5 Å². The summed E-state index contributed by atoms with van der Waals surface area (Å²) in [6.07, 6.45) is 1.12. The third-order valence-electron chi connectivity index (χ3n) is 2.66. The third kappa shape index (κ3) is 1.91. The van der Waals surface area contributed by atoms with Crippen LogP contribution in [-0.4, -0.2) is 30.3 Å². The van der Waals surface area contributed by atoms with Crippen LogP contribution in [0.25, 0.3) is 10.9 Å². The van der Waals surface area contributed by atoms with Crippen molar-refractivity contribution in [3.63, 3.8) is 0 Å². The van der Waals surface area contributed by atoms with E-state index in [1.807, 2.05) is 0 Å². The molecule has 0 aliphatic carbocycles. The fraction of sp³-hybridized carbons (Fsp3) is 0.182. The second-order valence-electron chi connectivity index (χ2n) is 3.89. The van der Waals surface area contributed by atoms with E-state index in [0.717, 1.165) is 6.26 Å². The molecule has 0 saturated heterocycles. The maximum atomic E-state index is 11.4. The molecule has 1 N–H and O–H groups in total. The lowest BCUT2D eigenvalue weighted by Crippen LogP contribution is -2.04. The van der Waals surface area contributed by atoms with Crippen molar-refractivity contribution >= 4 is 26.7 Å². The molecule has 0 aliphatic heterocycles. The highest BCUT2D eigenvalue weighted by Crippen LogP contribution is 2.22. The Morgan fingerprint density at radius 2 is 1.94 bits per heavy atom. The second kappa shape index (κ2) is 3.59. The third-order valence-corrected chi connectivity index (χ3v) is 3.77. The number of carboxylic acid groups (broad SMARTS) is 1. The van der Waals surface area contributed by atoms with E-state index in [4.69, 9.17) is 5.11 Å². The van der Waals surface area contributed by atoms with Gasteiger partial charge in [0.2, 0.25) is 0 Å². The van der Waals surface area contributed by atoms with E-state index in [9.17, 15) is 13.2 Å². The van der Waals surface area contributed by atoms with Crippen molar-refractivity contribution in [2.45, 2.75) is 4.90 Å². The molecule has 17 heavy (non-hydrogen) atoms. The highest BCUT2D eigenvalue weighted by atomic mass is 32.2. The van der Waals surface area contributed by atoms with E-state index in [0.29, 0.717) is 10.9 Å². The molecule has 5 nitrogen and oxygen atoms in total. The minimum Gasteiger partial charge on any atom is -0.477 e. The van der Waals surface area contributed by atoms with E-state index in [2.05, 4.69) is 0 Å². The Bertz CT molecular complexity index is 712. The van der Waals surface area contributed by atoms with Crippen LogP contribution in [0.3, 0.4) is 0 Å². The van der Waals surface area contributed by atoms with Crippen molar-refractivity contribution in [2.24, 2.45) is 7.05 Å². The van der Waals surface area contributed by atoms with Crippen LogP contribution in [0.4, 0.5) is 0 Å². The monoisotopic (exact) mass is 253 g/mol. The summed E-state index contributed by atoms with van der Waals surface area (Å²) in [5, 5.41) is 9.66. The fourth-order valence-electron chi connectivity index (χ4n) is 1.75. The summed E-state index contributed by atoms with van der Waals surface area (Å²) in [5.41, 5.74) is 0.718. The predicted molar refractivity (Wildman–Crippen MR) is 63.0 cm³/mol. The number of carbonyl (C=O) groups is 1. The lowest BCUT2D eigenvalue weighted by Gasteiger charge is -2.01. The number of nitrogens with zero attached hydrogens (tertiary/aromatic N) is 1. The average molecular weight is 253 g/mol. The van der Waals surface area contributed by atoms with Gasteiger partial charge in [-0.05, 0) is 18.2 Å². The summed E-state index contributed by atoms with van der Waals surface area (Å²) < 4.78 is 24.3. The van der Waals surface area contributed by atoms with Crippen molar-refractivity contribution in [1.82, 2.24) is 4.57 Å². The Morgan fingerprint density at radius 1 is 1.29 bits per heavy atom. The highest BCUT2D eigenvalue weighted by molar-refractivity contribution is 7.90. The molecule has 1 aromatic carbocycles. The molecule has 0 radical (unpaired) electrons. The van der Waals surface area contributed by atoms with Crippen molar-refractivity contribution in [2.75, 3.05) is 6.26 Å².